The first-order chi connectivity index (χ1) is 17.2. The number of nitrogens with zero attached hydrogens (tertiary/aromatic N) is 4. The highest BCUT2D eigenvalue weighted by Crippen LogP contribution is 2.39. The van der Waals surface area contributed by atoms with Crippen molar-refractivity contribution in [3.05, 3.63) is 92.9 Å². The highest BCUT2D eigenvalue weighted by molar-refractivity contribution is 6.29. The number of benzene rings is 2. The molecule has 36 heavy (non-hydrogen) atoms. The summed E-state index contributed by atoms with van der Waals surface area (Å²) in [6.07, 6.45) is 5.66. The number of hydrogen-bond acceptors (Lipinski definition) is 6. The number of carboxylic acids is 2. The number of fused-ring (bicyclic) bond motifs is 1. The third-order valence-electron chi connectivity index (χ3n) is 5.97. The summed E-state index contributed by atoms with van der Waals surface area (Å²) in [5, 5.41) is 18.7. The molecule has 5 rings (SSSR count). The van der Waals surface area contributed by atoms with Gasteiger partial charge in [-0.25, -0.2) is 19.0 Å². The molecule has 2 aromatic heterocycles. The van der Waals surface area contributed by atoms with Gasteiger partial charge in [-0.1, -0.05) is 23.7 Å². The predicted molar refractivity (Wildman–Crippen MR) is 130 cm³/mol. The summed E-state index contributed by atoms with van der Waals surface area (Å²) in [6, 6.07) is 8.62. The van der Waals surface area contributed by atoms with E-state index in [2.05, 4.69) is 9.97 Å². The molecule has 0 aliphatic heterocycles. The lowest BCUT2D eigenvalue weighted by atomic mass is 10.1. The second-order valence-corrected chi connectivity index (χ2v) is 8.81. The third kappa shape index (κ3) is 4.38. The van der Waals surface area contributed by atoms with Crippen LogP contribution in [0.5, 0.6) is 0 Å². The number of aromatic nitrogens is 3. The van der Waals surface area contributed by atoms with Crippen molar-refractivity contribution in [2.75, 3.05) is 4.90 Å². The predicted octanol–water partition coefficient (Wildman–Crippen LogP) is 4.65. The molecule has 2 aromatic carbocycles. The summed E-state index contributed by atoms with van der Waals surface area (Å²) in [5.41, 5.74) is 0.0358. The Balaban J connectivity index is 1.69. The van der Waals surface area contributed by atoms with Gasteiger partial charge in [0.15, 0.2) is 5.82 Å². The summed E-state index contributed by atoms with van der Waals surface area (Å²) >= 11 is 6.05. The maximum absolute atomic E-state index is 15.6. The smallest absolute Gasteiger partial charge is 0.341 e. The SMILES string of the molecule is O=C(O)c1ccc(CN(c2cncc(Cl)n2)c2cc3c(cc2F)c(=O)c(C(=O)O)cn3C2CC2)cc1. The first kappa shape index (κ1) is 23.4. The Morgan fingerprint density at radius 1 is 1.11 bits per heavy atom. The molecule has 0 atom stereocenters. The van der Waals surface area contributed by atoms with Crippen molar-refractivity contribution in [2.24, 2.45) is 0 Å². The quantitative estimate of drug-likeness (QED) is 0.369. The van der Waals surface area contributed by atoms with Crippen LogP contribution < -0.4 is 10.3 Å². The first-order valence-electron chi connectivity index (χ1n) is 10.9. The highest BCUT2D eigenvalue weighted by atomic mass is 35.5. The van der Waals surface area contributed by atoms with E-state index in [1.165, 1.54) is 41.7 Å². The van der Waals surface area contributed by atoms with E-state index < -0.39 is 28.7 Å². The number of carboxylic acid groups (broad SMARTS) is 2. The molecule has 1 aliphatic carbocycles. The number of pyridine rings is 1. The molecule has 0 radical (unpaired) electrons. The molecule has 0 bridgehead atoms. The van der Waals surface area contributed by atoms with Crippen molar-refractivity contribution < 1.29 is 24.2 Å². The van der Waals surface area contributed by atoms with Crippen molar-refractivity contribution in [3.63, 3.8) is 0 Å². The van der Waals surface area contributed by atoms with E-state index in [0.29, 0.717) is 11.1 Å². The van der Waals surface area contributed by atoms with Crippen molar-refractivity contribution in [2.45, 2.75) is 25.4 Å². The molecule has 11 heteroatoms. The maximum Gasteiger partial charge on any atom is 0.341 e. The molecule has 9 nitrogen and oxygen atoms in total. The minimum absolute atomic E-state index is 0.00693. The zero-order valence-corrected chi connectivity index (χ0v) is 19.3. The Morgan fingerprint density at radius 3 is 2.44 bits per heavy atom. The molecule has 1 saturated carbocycles. The van der Waals surface area contributed by atoms with E-state index in [1.807, 2.05) is 0 Å². The van der Waals surface area contributed by atoms with E-state index in [9.17, 15) is 24.6 Å². The van der Waals surface area contributed by atoms with Crippen molar-refractivity contribution >= 4 is 45.9 Å². The van der Waals surface area contributed by atoms with E-state index in [0.717, 1.165) is 18.9 Å². The zero-order valence-electron chi connectivity index (χ0n) is 18.6. The molecule has 0 unspecified atom stereocenters. The minimum Gasteiger partial charge on any atom is -0.478 e. The van der Waals surface area contributed by atoms with Crippen LogP contribution in [0.2, 0.25) is 5.15 Å². The molecule has 182 valence electrons. The van der Waals surface area contributed by atoms with Gasteiger partial charge in [0.1, 0.15) is 16.5 Å². The second-order valence-electron chi connectivity index (χ2n) is 8.42. The van der Waals surface area contributed by atoms with E-state index in [-0.39, 0.29) is 40.2 Å². The highest BCUT2D eigenvalue weighted by Gasteiger charge is 2.28. The fraction of sp³-hybridized carbons (Fsp3) is 0.160. The Hall–Kier alpha value is -4.31. The number of aromatic carboxylic acids is 2. The second kappa shape index (κ2) is 9.04. The van der Waals surface area contributed by atoms with Crippen molar-refractivity contribution in [3.8, 4) is 0 Å². The van der Waals surface area contributed by atoms with Gasteiger partial charge in [-0.15, -0.1) is 0 Å². The Kier molecular flexibility index (Phi) is 5.89. The van der Waals surface area contributed by atoms with Crippen LogP contribution in [0.15, 0.2) is 59.8 Å². The lowest BCUT2D eigenvalue weighted by Crippen LogP contribution is -2.22. The maximum atomic E-state index is 15.6. The lowest BCUT2D eigenvalue weighted by Gasteiger charge is -2.25. The van der Waals surface area contributed by atoms with Gasteiger partial charge in [-0.3, -0.25) is 9.78 Å². The largest absolute Gasteiger partial charge is 0.478 e. The number of hydrogen-bond donors (Lipinski definition) is 2. The van der Waals surface area contributed by atoms with Gasteiger partial charge in [0.2, 0.25) is 5.43 Å². The molecule has 2 N–H and O–H groups in total. The Morgan fingerprint density at radius 2 is 1.83 bits per heavy atom. The van der Waals surface area contributed by atoms with Gasteiger partial charge in [-0.05, 0) is 42.7 Å². The standard InChI is InChI=1S/C25H18ClFN4O5/c26-21-9-28-10-22(29-21)31(11-13-1-3-14(4-2-13)24(33)34)20-8-19-16(7-18(20)27)23(32)17(25(35)36)12-30(19)15-5-6-15/h1-4,7-10,12,15H,5-6,11H2,(H,33,34)(H,35,36). The van der Waals surface area contributed by atoms with Gasteiger partial charge in [0.05, 0.1) is 29.2 Å². The average molecular weight is 509 g/mol. The molecule has 1 fully saturated rings. The molecule has 0 amide bonds. The topological polar surface area (TPSA) is 126 Å². The van der Waals surface area contributed by atoms with Gasteiger partial charge < -0.3 is 19.7 Å². The molecule has 4 aromatic rings. The summed E-state index contributed by atoms with van der Waals surface area (Å²) in [7, 11) is 0. The van der Waals surface area contributed by atoms with Gasteiger partial charge in [0.25, 0.3) is 0 Å². The van der Waals surface area contributed by atoms with Crippen LogP contribution in [0.25, 0.3) is 10.9 Å². The summed E-state index contributed by atoms with van der Waals surface area (Å²) in [5.74, 6) is -2.99. The van der Waals surface area contributed by atoms with Crippen LogP contribution in [-0.2, 0) is 6.54 Å². The van der Waals surface area contributed by atoms with Crippen LogP contribution in [0.4, 0.5) is 15.9 Å². The number of carbonyl (C=O) groups is 2. The van der Waals surface area contributed by atoms with E-state index in [4.69, 9.17) is 11.6 Å². The average Bonchev–Trinajstić information content (AvgIpc) is 3.68. The third-order valence-corrected chi connectivity index (χ3v) is 6.15. The lowest BCUT2D eigenvalue weighted by molar-refractivity contribution is 0.0685. The zero-order chi connectivity index (χ0) is 25.6. The fourth-order valence-electron chi connectivity index (χ4n) is 4.06. The molecular formula is C25H18ClFN4O5. The van der Waals surface area contributed by atoms with E-state index >= 15 is 4.39 Å². The molecule has 1 aliphatic rings. The van der Waals surface area contributed by atoms with Crippen LogP contribution >= 0.6 is 11.6 Å². The van der Waals surface area contributed by atoms with Gasteiger partial charge in [0, 0.05) is 24.2 Å². The van der Waals surface area contributed by atoms with Crippen molar-refractivity contribution in [1.82, 2.24) is 14.5 Å². The van der Waals surface area contributed by atoms with E-state index in [1.54, 1.807) is 16.7 Å². The Labute approximate surface area is 208 Å². The summed E-state index contributed by atoms with van der Waals surface area (Å²) in [4.78, 5) is 45.5. The van der Waals surface area contributed by atoms with Gasteiger partial charge in [-0.2, -0.15) is 0 Å². The number of rotatable bonds is 7. The van der Waals surface area contributed by atoms with Gasteiger partial charge >= 0.3 is 11.9 Å². The van der Waals surface area contributed by atoms with Crippen molar-refractivity contribution in [1.29, 1.82) is 0 Å². The van der Waals surface area contributed by atoms with Crippen LogP contribution in [-0.4, -0.2) is 36.7 Å². The first-order valence-corrected chi connectivity index (χ1v) is 11.3. The molecular weight excluding hydrogens is 491 g/mol. The summed E-state index contributed by atoms with van der Waals surface area (Å²) in [6.45, 7) is 0.0816. The molecule has 0 spiro atoms. The normalized spacial score (nSPS) is 13.1. The monoisotopic (exact) mass is 508 g/mol. The van der Waals surface area contributed by atoms with Crippen LogP contribution in [0.3, 0.4) is 0 Å². The minimum atomic E-state index is -1.37. The van der Waals surface area contributed by atoms with Crippen LogP contribution in [0, 0.1) is 5.82 Å². The number of halogens is 2. The Bertz CT molecular complexity index is 1580. The van der Waals surface area contributed by atoms with Crippen LogP contribution in [0.1, 0.15) is 45.2 Å². The molecule has 2 heterocycles. The number of anilines is 2. The summed E-state index contributed by atoms with van der Waals surface area (Å²) < 4.78 is 17.3. The fourth-order valence-corrected chi connectivity index (χ4v) is 4.20. The molecule has 0 saturated heterocycles.